The normalized spacial score (nSPS) is 37.0. The summed E-state index contributed by atoms with van der Waals surface area (Å²) in [7, 11) is 0. The number of fused-ring (bicyclic) bond motifs is 4. The second-order valence-corrected chi connectivity index (χ2v) is 15.2. The summed E-state index contributed by atoms with van der Waals surface area (Å²) in [4.78, 5) is 2.72. The lowest BCUT2D eigenvalue weighted by atomic mass is 9.49. The second kappa shape index (κ2) is 11.0. The molecule has 0 unspecified atom stereocenters. The number of benzene rings is 1. The Morgan fingerprint density at radius 2 is 1.67 bits per heavy atom. The molecule has 6 atom stereocenters. The molecule has 252 valence electrons. The first-order valence-corrected chi connectivity index (χ1v) is 16.1. The molecular formula is C34H42F5N3O4. The zero-order chi connectivity index (χ0) is 33.4. The molecule has 0 radical (unpaired) electrons. The van der Waals surface area contributed by atoms with Gasteiger partial charge in [0, 0.05) is 41.0 Å². The predicted octanol–water partition coefficient (Wildman–Crippen LogP) is 8.23. The molecule has 1 saturated heterocycles. The maximum absolute atomic E-state index is 15.3. The fourth-order valence-electron chi connectivity index (χ4n) is 9.42. The molecule has 1 aromatic rings. The van der Waals surface area contributed by atoms with Gasteiger partial charge in [-0.25, -0.2) is 0 Å². The molecule has 3 saturated carbocycles. The van der Waals surface area contributed by atoms with Gasteiger partial charge in [0.2, 0.25) is 0 Å². The van der Waals surface area contributed by atoms with Gasteiger partial charge in [-0.15, -0.1) is 0 Å². The van der Waals surface area contributed by atoms with E-state index in [9.17, 15) is 23.4 Å². The minimum absolute atomic E-state index is 0.0332. The van der Waals surface area contributed by atoms with Crippen LogP contribution in [0.15, 0.2) is 46.6 Å². The summed E-state index contributed by atoms with van der Waals surface area (Å²) < 4.78 is 84.8. The van der Waals surface area contributed by atoms with E-state index in [1.807, 2.05) is 38.1 Å². The van der Waals surface area contributed by atoms with Crippen LogP contribution in [0, 0.1) is 22.7 Å². The van der Waals surface area contributed by atoms with Crippen LogP contribution in [0.2, 0.25) is 0 Å². The predicted molar refractivity (Wildman–Crippen MR) is 161 cm³/mol. The van der Waals surface area contributed by atoms with Crippen molar-refractivity contribution in [2.45, 2.75) is 107 Å². The van der Waals surface area contributed by atoms with Crippen molar-refractivity contribution in [1.82, 2.24) is 0 Å². The fraction of sp³-hybridized carbons (Fsp3) is 0.706. The lowest BCUT2D eigenvalue weighted by molar-refractivity contribution is -0.362. The highest BCUT2D eigenvalue weighted by Crippen LogP contribution is 2.71. The Morgan fingerprint density at radius 3 is 2.30 bits per heavy atom. The molecule has 0 bridgehead atoms. The first-order valence-electron chi connectivity index (χ1n) is 16.1. The van der Waals surface area contributed by atoms with Crippen molar-refractivity contribution in [2.75, 3.05) is 19.8 Å². The van der Waals surface area contributed by atoms with E-state index >= 15 is 8.78 Å². The molecule has 7 nitrogen and oxygen atoms in total. The summed E-state index contributed by atoms with van der Waals surface area (Å²) >= 11 is 0. The van der Waals surface area contributed by atoms with Gasteiger partial charge in [-0.05, 0) is 72.6 Å². The number of aliphatic hydroxyl groups is 2. The Labute approximate surface area is 265 Å². The Morgan fingerprint density at radius 1 is 1.00 bits per heavy atom. The van der Waals surface area contributed by atoms with Crippen LogP contribution in [0.1, 0.15) is 89.2 Å². The van der Waals surface area contributed by atoms with Gasteiger partial charge in [-0.3, -0.25) is 0 Å². The molecular weight excluding hydrogens is 609 g/mol. The summed E-state index contributed by atoms with van der Waals surface area (Å²) in [5, 5.41) is 27.3. The van der Waals surface area contributed by atoms with Crippen LogP contribution in [-0.4, -0.2) is 59.1 Å². The van der Waals surface area contributed by atoms with E-state index in [4.69, 9.17) is 15.0 Å². The van der Waals surface area contributed by atoms with Crippen molar-refractivity contribution < 1.29 is 41.6 Å². The number of hydrogen-bond acceptors (Lipinski definition) is 5. The van der Waals surface area contributed by atoms with Gasteiger partial charge >= 0.3 is 12.1 Å². The summed E-state index contributed by atoms with van der Waals surface area (Å²) in [6.07, 6.45) is -1.33. The molecule has 1 heterocycles. The van der Waals surface area contributed by atoms with E-state index in [1.54, 1.807) is 12.2 Å². The van der Waals surface area contributed by atoms with Gasteiger partial charge in [0.1, 0.15) is 5.60 Å². The first-order chi connectivity index (χ1) is 21.4. The lowest BCUT2D eigenvalue weighted by Gasteiger charge is -2.59. The molecule has 1 aromatic carbocycles. The second-order valence-electron chi connectivity index (χ2n) is 15.2. The van der Waals surface area contributed by atoms with Gasteiger partial charge in [0.25, 0.3) is 0 Å². The average molecular weight is 652 g/mol. The Kier molecular flexibility index (Phi) is 8.00. The topological polar surface area (TPSA) is 108 Å². The van der Waals surface area contributed by atoms with Gasteiger partial charge in [-0.1, -0.05) is 67.9 Å². The molecule has 5 aliphatic rings. The molecule has 1 spiro atoms. The fourth-order valence-corrected chi connectivity index (χ4v) is 9.42. The van der Waals surface area contributed by atoms with Crippen LogP contribution in [0.3, 0.4) is 0 Å². The third kappa shape index (κ3) is 5.10. The smallest absolute Gasteiger partial charge is 0.385 e. The van der Waals surface area contributed by atoms with Gasteiger partial charge in [0.15, 0.2) is 5.79 Å². The highest BCUT2D eigenvalue weighted by molar-refractivity contribution is 5.52. The molecule has 4 aliphatic carbocycles. The van der Waals surface area contributed by atoms with Crippen LogP contribution < -0.4 is 0 Å². The van der Waals surface area contributed by atoms with Crippen molar-refractivity contribution in [3.8, 4) is 0 Å². The van der Waals surface area contributed by atoms with E-state index in [2.05, 4.69) is 10.0 Å². The average Bonchev–Trinajstić information content (AvgIpc) is 3.27. The number of ether oxygens (including phenoxy) is 2. The number of nitrogens with zero attached hydrogens (tertiary/aromatic N) is 3. The van der Waals surface area contributed by atoms with Crippen LogP contribution >= 0.6 is 0 Å². The lowest BCUT2D eigenvalue weighted by Crippen LogP contribution is -2.65. The van der Waals surface area contributed by atoms with E-state index < -0.39 is 52.8 Å². The summed E-state index contributed by atoms with van der Waals surface area (Å²) in [5.74, 6) is -7.82. The molecule has 0 amide bonds. The molecule has 0 aromatic heterocycles. The van der Waals surface area contributed by atoms with E-state index in [1.165, 1.54) is 6.92 Å². The number of allylic oxidation sites excluding steroid dienone is 1. The molecule has 6 rings (SSSR count). The van der Waals surface area contributed by atoms with Gasteiger partial charge in [-0.2, -0.15) is 22.0 Å². The summed E-state index contributed by atoms with van der Waals surface area (Å²) in [6, 6.07) is 7.29. The molecule has 2 N–H and O–H groups in total. The molecule has 4 fully saturated rings. The third-order valence-corrected chi connectivity index (χ3v) is 11.8. The van der Waals surface area contributed by atoms with Crippen LogP contribution in [0.25, 0.3) is 16.5 Å². The zero-order valence-corrected chi connectivity index (χ0v) is 26.4. The van der Waals surface area contributed by atoms with Gasteiger partial charge < -0.3 is 19.7 Å². The summed E-state index contributed by atoms with van der Waals surface area (Å²) in [6.45, 7) is 6.63. The standard InChI is InChI=1S/C34H42F5N3O4/c1-28(2)19-45-31(46-20-28)14-11-26-27-23(10-13-30(26,43)18-31)25-12-15-32(44,33(35,36)34(37,38)39)29(25,3)17-24(27)22-8-6-21(7-9-22)5-4-16-41-42-40/h4-9,23-25,43-44H,10-20H2,1-3H3/t23-,24+,25-,29-,30+,32-/m0/s1. The van der Waals surface area contributed by atoms with Crippen molar-refractivity contribution in [3.05, 3.63) is 63.1 Å². The Bertz CT molecular complexity index is 1460. The van der Waals surface area contributed by atoms with Crippen LogP contribution in [-0.2, 0) is 9.47 Å². The number of halogens is 5. The van der Waals surface area contributed by atoms with Crippen molar-refractivity contribution in [1.29, 1.82) is 0 Å². The largest absolute Gasteiger partial charge is 0.456 e. The highest BCUT2D eigenvalue weighted by Gasteiger charge is 2.79. The van der Waals surface area contributed by atoms with Gasteiger partial charge in [0.05, 0.1) is 18.8 Å². The van der Waals surface area contributed by atoms with E-state index in [0.29, 0.717) is 38.9 Å². The minimum Gasteiger partial charge on any atom is -0.385 e. The molecule has 46 heavy (non-hydrogen) atoms. The monoisotopic (exact) mass is 651 g/mol. The quantitative estimate of drug-likeness (QED) is 0.110. The zero-order valence-electron chi connectivity index (χ0n) is 26.4. The number of rotatable bonds is 5. The summed E-state index contributed by atoms with van der Waals surface area (Å²) in [5.41, 5.74) is 5.30. The third-order valence-electron chi connectivity index (χ3n) is 11.8. The van der Waals surface area contributed by atoms with E-state index in [-0.39, 0.29) is 37.1 Å². The first kappa shape index (κ1) is 33.4. The minimum atomic E-state index is -5.91. The van der Waals surface area contributed by atoms with Crippen molar-refractivity contribution in [3.63, 3.8) is 0 Å². The van der Waals surface area contributed by atoms with E-state index in [0.717, 1.165) is 22.3 Å². The van der Waals surface area contributed by atoms with Crippen LogP contribution in [0.5, 0.6) is 0 Å². The SMILES string of the molecule is CC1(C)COC2(CCC3=C4[C@@H](CC[C@@]3(O)C2)[C@@H]2CC[C@@](O)(C(F)(F)C(F)(F)F)[C@@]2(C)C[C@@H]4c2ccc(C=CCN=[N+]=[N-])cc2)OC1. The van der Waals surface area contributed by atoms with Crippen molar-refractivity contribution >= 4 is 6.08 Å². The number of azide groups is 1. The molecule has 12 heteroatoms. The maximum atomic E-state index is 15.3. The Balaban J connectivity index is 1.43. The van der Waals surface area contributed by atoms with Crippen molar-refractivity contribution in [2.24, 2.45) is 27.8 Å². The Hall–Kier alpha value is -2.50. The highest BCUT2D eigenvalue weighted by atomic mass is 19.4. The number of alkyl halides is 5. The molecule has 1 aliphatic heterocycles. The van der Waals surface area contributed by atoms with Crippen LogP contribution in [0.4, 0.5) is 22.0 Å². The number of hydrogen-bond donors (Lipinski definition) is 2. The maximum Gasteiger partial charge on any atom is 0.456 e.